The second-order valence-corrected chi connectivity index (χ2v) is 8.74. The highest BCUT2D eigenvalue weighted by Gasteiger charge is 2.40. The summed E-state index contributed by atoms with van der Waals surface area (Å²) >= 11 is 0. The highest BCUT2D eigenvalue weighted by atomic mass is 19.4. The van der Waals surface area contributed by atoms with Crippen molar-refractivity contribution < 1.29 is 40.7 Å². The predicted molar refractivity (Wildman–Crippen MR) is 112 cm³/mol. The first-order valence-corrected chi connectivity index (χ1v) is 10.8. The third kappa shape index (κ3) is 6.39. The van der Waals surface area contributed by atoms with Gasteiger partial charge < -0.3 is 4.74 Å². The van der Waals surface area contributed by atoms with E-state index in [4.69, 9.17) is 4.74 Å². The Bertz CT molecular complexity index is 985. The quantitative estimate of drug-likeness (QED) is 0.338. The fourth-order valence-corrected chi connectivity index (χ4v) is 4.64. The van der Waals surface area contributed by atoms with Crippen molar-refractivity contribution in [1.29, 1.82) is 0 Å². The summed E-state index contributed by atoms with van der Waals surface area (Å²) in [6.07, 6.45) is -9.59. The average Bonchev–Trinajstić information content (AvgIpc) is 2.74. The SMILES string of the molecule is CC(=O)OC(Cc1cc(C(F)(F)F)cc(C(F)(F)F)c1)CC1(c2ccccc2)CCC(=O)CC1. The number of ether oxygens (including phenoxy) is 1. The van der Waals surface area contributed by atoms with E-state index in [1.165, 1.54) is 0 Å². The van der Waals surface area contributed by atoms with Gasteiger partial charge in [-0.15, -0.1) is 0 Å². The number of Topliss-reactive ketones (excluding diaryl/α,β-unsaturated/α-hetero) is 1. The molecule has 0 N–H and O–H groups in total. The monoisotopic (exact) mass is 486 g/mol. The van der Waals surface area contributed by atoms with Gasteiger partial charge in [-0.2, -0.15) is 26.3 Å². The predicted octanol–water partition coefficient (Wildman–Crippen LogP) is 6.67. The topological polar surface area (TPSA) is 43.4 Å². The third-order valence-corrected chi connectivity index (χ3v) is 6.21. The van der Waals surface area contributed by atoms with Crippen molar-refractivity contribution in [2.24, 2.45) is 0 Å². The number of halogens is 6. The van der Waals surface area contributed by atoms with Crippen LogP contribution in [0.5, 0.6) is 0 Å². The van der Waals surface area contributed by atoms with Crippen molar-refractivity contribution in [3.8, 4) is 0 Å². The molecular formula is C25H24F6O3. The summed E-state index contributed by atoms with van der Waals surface area (Å²) in [7, 11) is 0. The first kappa shape index (κ1) is 25.8. The second-order valence-electron chi connectivity index (χ2n) is 8.74. The van der Waals surface area contributed by atoms with Crippen LogP contribution in [0, 0.1) is 0 Å². The molecule has 1 aliphatic rings. The lowest BCUT2D eigenvalue weighted by Crippen LogP contribution is -2.37. The molecule has 0 aliphatic heterocycles. The summed E-state index contributed by atoms with van der Waals surface area (Å²) in [5, 5.41) is 0. The minimum atomic E-state index is -4.97. The zero-order valence-electron chi connectivity index (χ0n) is 18.4. The highest BCUT2D eigenvalue weighted by molar-refractivity contribution is 5.79. The number of rotatable bonds is 6. The molecule has 0 bridgehead atoms. The van der Waals surface area contributed by atoms with Crippen LogP contribution in [-0.4, -0.2) is 17.9 Å². The molecule has 2 aromatic carbocycles. The standard InChI is InChI=1S/C25H24F6O3/c1-16(32)34-22(13-17-11-19(24(26,27)28)14-20(12-17)25(29,30)31)15-23(9-7-21(33)8-10-23)18-5-3-2-4-6-18/h2-6,11-12,14,22H,7-10,13,15H2,1H3. The Morgan fingerprint density at radius 1 is 0.941 bits per heavy atom. The molecule has 184 valence electrons. The lowest BCUT2D eigenvalue weighted by atomic mass is 9.65. The van der Waals surface area contributed by atoms with Crippen LogP contribution in [0.25, 0.3) is 0 Å². The van der Waals surface area contributed by atoms with Crippen LogP contribution in [-0.2, 0) is 38.5 Å². The van der Waals surface area contributed by atoms with E-state index in [1.807, 2.05) is 30.3 Å². The minimum Gasteiger partial charge on any atom is -0.462 e. The molecule has 34 heavy (non-hydrogen) atoms. The molecule has 3 nitrogen and oxygen atoms in total. The zero-order valence-corrected chi connectivity index (χ0v) is 18.4. The Labute approximate surface area is 193 Å². The summed E-state index contributed by atoms with van der Waals surface area (Å²) in [4.78, 5) is 23.7. The summed E-state index contributed by atoms with van der Waals surface area (Å²) in [5.41, 5.74) is -2.77. The Balaban J connectivity index is 1.99. The number of esters is 1. The van der Waals surface area contributed by atoms with Crippen LogP contribution < -0.4 is 0 Å². The van der Waals surface area contributed by atoms with Gasteiger partial charge in [0.2, 0.25) is 0 Å². The van der Waals surface area contributed by atoms with Crippen LogP contribution in [0.15, 0.2) is 48.5 Å². The number of hydrogen-bond acceptors (Lipinski definition) is 3. The van der Waals surface area contributed by atoms with E-state index in [1.54, 1.807) is 0 Å². The van der Waals surface area contributed by atoms with E-state index < -0.39 is 41.0 Å². The molecule has 9 heteroatoms. The van der Waals surface area contributed by atoms with E-state index in [0.29, 0.717) is 37.8 Å². The van der Waals surface area contributed by atoms with Crippen LogP contribution >= 0.6 is 0 Å². The van der Waals surface area contributed by atoms with Crippen molar-refractivity contribution in [3.05, 3.63) is 70.8 Å². The molecule has 0 saturated heterocycles. The minimum absolute atomic E-state index is 0.0720. The molecule has 1 unspecified atom stereocenters. The number of carbonyl (C=O) groups excluding carboxylic acids is 2. The highest BCUT2D eigenvalue weighted by Crippen LogP contribution is 2.43. The maximum Gasteiger partial charge on any atom is 0.416 e. The van der Waals surface area contributed by atoms with Gasteiger partial charge >= 0.3 is 18.3 Å². The van der Waals surface area contributed by atoms with E-state index in [-0.39, 0.29) is 30.3 Å². The summed E-state index contributed by atoms with van der Waals surface area (Å²) < 4.78 is 85.1. The molecule has 0 aromatic heterocycles. The zero-order chi connectivity index (χ0) is 25.1. The number of ketones is 1. The Kier molecular flexibility index (Phi) is 7.43. The van der Waals surface area contributed by atoms with Crippen molar-refractivity contribution in [2.45, 2.75) is 69.3 Å². The van der Waals surface area contributed by atoms with Gasteiger partial charge in [0.15, 0.2) is 0 Å². The number of hydrogen-bond donors (Lipinski definition) is 0. The van der Waals surface area contributed by atoms with Crippen molar-refractivity contribution in [1.82, 2.24) is 0 Å². The van der Waals surface area contributed by atoms with Gasteiger partial charge in [0, 0.05) is 26.2 Å². The molecule has 3 rings (SSSR count). The van der Waals surface area contributed by atoms with Crippen molar-refractivity contribution in [3.63, 3.8) is 0 Å². The molecule has 0 radical (unpaired) electrons. The summed E-state index contributed by atoms with van der Waals surface area (Å²) in [6, 6.07) is 10.6. The lowest BCUT2D eigenvalue weighted by molar-refractivity contribution is -0.148. The molecule has 0 heterocycles. The van der Waals surface area contributed by atoms with Crippen LogP contribution in [0.3, 0.4) is 0 Å². The van der Waals surface area contributed by atoms with Gasteiger partial charge in [0.1, 0.15) is 11.9 Å². The Morgan fingerprint density at radius 3 is 1.94 bits per heavy atom. The Hall–Kier alpha value is -2.84. The van der Waals surface area contributed by atoms with Crippen LogP contribution in [0.4, 0.5) is 26.3 Å². The average molecular weight is 486 g/mol. The fraction of sp³-hybridized carbons (Fsp3) is 0.440. The van der Waals surface area contributed by atoms with Gasteiger partial charge in [-0.05, 0) is 54.0 Å². The van der Waals surface area contributed by atoms with Gasteiger partial charge in [-0.3, -0.25) is 9.59 Å². The first-order valence-electron chi connectivity index (χ1n) is 10.8. The van der Waals surface area contributed by atoms with E-state index in [2.05, 4.69) is 0 Å². The molecular weight excluding hydrogens is 462 g/mol. The number of carbonyl (C=O) groups is 2. The molecule has 1 saturated carbocycles. The third-order valence-electron chi connectivity index (χ3n) is 6.21. The van der Waals surface area contributed by atoms with Gasteiger partial charge in [0.25, 0.3) is 0 Å². The van der Waals surface area contributed by atoms with Gasteiger partial charge in [-0.25, -0.2) is 0 Å². The molecule has 1 atom stereocenters. The van der Waals surface area contributed by atoms with E-state index in [9.17, 15) is 35.9 Å². The molecule has 1 aliphatic carbocycles. The van der Waals surface area contributed by atoms with Gasteiger partial charge in [-0.1, -0.05) is 30.3 Å². The molecule has 1 fully saturated rings. The largest absolute Gasteiger partial charge is 0.462 e. The Morgan fingerprint density at radius 2 is 1.47 bits per heavy atom. The molecule has 0 amide bonds. The van der Waals surface area contributed by atoms with E-state index >= 15 is 0 Å². The van der Waals surface area contributed by atoms with E-state index in [0.717, 1.165) is 12.5 Å². The second kappa shape index (κ2) is 9.80. The summed E-state index contributed by atoms with van der Waals surface area (Å²) in [5.74, 6) is -0.605. The molecule has 0 spiro atoms. The number of benzene rings is 2. The summed E-state index contributed by atoms with van der Waals surface area (Å²) in [6.45, 7) is 1.14. The lowest BCUT2D eigenvalue weighted by Gasteiger charge is -2.40. The maximum absolute atomic E-state index is 13.3. The number of alkyl halides is 6. The maximum atomic E-state index is 13.3. The molecule has 2 aromatic rings. The van der Waals surface area contributed by atoms with Crippen LogP contribution in [0.2, 0.25) is 0 Å². The fourth-order valence-electron chi connectivity index (χ4n) is 4.64. The van der Waals surface area contributed by atoms with Crippen LogP contribution in [0.1, 0.15) is 61.3 Å². The smallest absolute Gasteiger partial charge is 0.416 e. The first-order chi connectivity index (χ1) is 15.8. The van der Waals surface area contributed by atoms with Crippen molar-refractivity contribution in [2.75, 3.05) is 0 Å². The normalized spacial score (nSPS) is 17.3. The van der Waals surface area contributed by atoms with Crippen molar-refractivity contribution >= 4 is 11.8 Å². The van der Waals surface area contributed by atoms with Gasteiger partial charge in [0.05, 0.1) is 11.1 Å².